The van der Waals surface area contributed by atoms with E-state index in [9.17, 15) is 19.4 Å². The first kappa shape index (κ1) is 29.4. The van der Waals surface area contributed by atoms with Gasteiger partial charge in [0, 0.05) is 34.7 Å². The molecule has 0 saturated heterocycles. The molecule has 2 aliphatic rings. The topological polar surface area (TPSA) is 118 Å². The number of halogens is 1. The number of aliphatic hydroxyl groups is 2. The number of methoxy groups -OCH3 is 1. The van der Waals surface area contributed by atoms with Gasteiger partial charge in [0.05, 0.1) is 30.8 Å². The molecule has 5 N–H and O–H groups in total. The third-order valence-corrected chi connectivity index (χ3v) is 10.0. The number of carbonyl (C=O) groups is 1. The van der Waals surface area contributed by atoms with E-state index in [4.69, 9.17) is 10.5 Å². The molecule has 1 fully saturated rings. The molecule has 1 amide bonds. The first-order valence-corrected chi connectivity index (χ1v) is 15.5. The van der Waals surface area contributed by atoms with Crippen molar-refractivity contribution in [3.05, 3.63) is 106 Å². The van der Waals surface area contributed by atoms with Crippen LogP contribution in [0.25, 0.3) is 11.1 Å². The number of carbonyl (C=O) groups excluding carboxylic acids is 1. The number of fused-ring (bicyclic) bond motifs is 1. The molecule has 2 aliphatic carbocycles. The predicted molar refractivity (Wildman–Crippen MR) is 164 cm³/mol. The highest BCUT2D eigenvalue weighted by atomic mass is 32.1. The van der Waals surface area contributed by atoms with Crippen molar-refractivity contribution in [2.75, 3.05) is 7.11 Å². The Balaban J connectivity index is 1.18. The Morgan fingerprint density at radius 3 is 2.63 bits per heavy atom. The van der Waals surface area contributed by atoms with Gasteiger partial charge in [-0.05, 0) is 77.9 Å². The van der Waals surface area contributed by atoms with E-state index in [2.05, 4.69) is 10.3 Å². The summed E-state index contributed by atoms with van der Waals surface area (Å²) in [6.07, 6.45) is 2.27. The van der Waals surface area contributed by atoms with Crippen molar-refractivity contribution in [3.8, 4) is 17.0 Å². The summed E-state index contributed by atoms with van der Waals surface area (Å²) in [4.78, 5) is 19.4. The third-order valence-electron chi connectivity index (χ3n) is 9.03. The fourth-order valence-electron chi connectivity index (χ4n) is 6.42. The van der Waals surface area contributed by atoms with Crippen LogP contribution < -0.4 is 15.8 Å². The molecule has 224 valence electrons. The van der Waals surface area contributed by atoms with Crippen LogP contribution in [0.2, 0.25) is 0 Å². The van der Waals surface area contributed by atoms with Crippen LogP contribution in [0.5, 0.6) is 5.88 Å². The zero-order valence-electron chi connectivity index (χ0n) is 23.9. The standard InChI is InChI=1S/C34H36FN3O4S/c1-42-31-13-10-22(19-37-31)21-8-6-20(7-9-21)16-27(36)29(40)18-34(17-25(34)23-4-2-3-5-26(23)35)33(41)38-32-24-14-15-43-30(24)12-11-28(32)39/h2-10,13-15,19,25,27-29,32,39-40H,11-12,16-18,36H2,1H3,(H,38,41)/t25-,27-,28+,29-,32-,34+/m0/s1. The van der Waals surface area contributed by atoms with Crippen LogP contribution in [0, 0.1) is 11.2 Å². The van der Waals surface area contributed by atoms with Crippen molar-refractivity contribution >= 4 is 17.2 Å². The molecular weight excluding hydrogens is 565 g/mol. The first-order chi connectivity index (χ1) is 20.8. The third kappa shape index (κ3) is 5.95. The second-order valence-corrected chi connectivity index (χ2v) is 12.7. The molecule has 6 atom stereocenters. The number of amides is 1. The summed E-state index contributed by atoms with van der Waals surface area (Å²) in [5.41, 5.74) is 9.78. The molecule has 2 aromatic heterocycles. The first-order valence-electron chi connectivity index (χ1n) is 14.6. The molecule has 6 rings (SSSR count). The van der Waals surface area contributed by atoms with Crippen LogP contribution in [-0.2, 0) is 17.6 Å². The quantitative estimate of drug-likeness (QED) is 0.205. The number of thiophene rings is 1. The maximum atomic E-state index is 14.9. The monoisotopic (exact) mass is 601 g/mol. The maximum Gasteiger partial charge on any atom is 0.227 e. The molecule has 0 bridgehead atoms. The fourth-order valence-corrected chi connectivity index (χ4v) is 7.37. The van der Waals surface area contributed by atoms with Gasteiger partial charge in [-0.2, -0.15) is 0 Å². The number of aryl methyl sites for hydroxylation is 1. The van der Waals surface area contributed by atoms with Gasteiger partial charge in [-0.25, -0.2) is 9.37 Å². The second-order valence-electron chi connectivity index (χ2n) is 11.7. The molecule has 43 heavy (non-hydrogen) atoms. The number of rotatable bonds is 10. The number of benzene rings is 2. The molecule has 7 nitrogen and oxygen atoms in total. The fraction of sp³-hybridized carbons (Fsp3) is 0.353. The molecule has 1 saturated carbocycles. The van der Waals surface area contributed by atoms with E-state index in [1.165, 1.54) is 6.07 Å². The van der Waals surface area contributed by atoms with Gasteiger partial charge in [0.1, 0.15) is 5.82 Å². The highest BCUT2D eigenvalue weighted by molar-refractivity contribution is 7.10. The van der Waals surface area contributed by atoms with E-state index in [-0.39, 0.29) is 18.1 Å². The van der Waals surface area contributed by atoms with Crippen LogP contribution in [0.1, 0.15) is 52.8 Å². The number of aromatic nitrogens is 1. The van der Waals surface area contributed by atoms with E-state index in [1.807, 2.05) is 47.8 Å². The van der Waals surface area contributed by atoms with E-state index < -0.39 is 35.6 Å². The summed E-state index contributed by atoms with van der Waals surface area (Å²) in [7, 11) is 1.58. The minimum absolute atomic E-state index is 0.0912. The summed E-state index contributed by atoms with van der Waals surface area (Å²) in [5.74, 6) is -0.500. The van der Waals surface area contributed by atoms with Crippen molar-refractivity contribution in [3.63, 3.8) is 0 Å². The Bertz CT molecular complexity index is 1580. The minimum atomic E-state index is -1.03. The Morgan fingerprint density at radius 2 is 1.91 bits per heavy atom. The van der Waals surface area contributed by atoms with Crippen LogP contribution in [0.4, 0.5) is 4.39 Å². The maximum absolute atomic E-state index is 14.9. The number of hydrogen-bond acceptors (Lipinski definition) is 7. The van der Waals surface area contributed by atoms with Crippen LogP contribution in [0.3, 0.4) is 0 Å². The van der Waals surface area contributed by atoms with Gasteiger partial charge < -0.3 is 26.0 Å². The summed E-state index contributed by atoms with van der Waals surface area (Å²) in [6, 6.07) is 18.9. The van der Waals surface area contributed by atoms with E-state index in [0.717, 1.165) is 33.6 Å². The summed E-state index contributed by atoms with van der Waals surface area (Å²) < 4.78 is 20.0. The van der Waals surface area contributed by atoms with Crippen LogP contribution in [-0.4, -0.2) is 46.5 Å². The molecule has 0 spiro atoms. The van der Waals surface area contributed by atoms with Gasteiger partial charge in [-0.15, -0.1) is 11.3 Å². The minimum Gasteiger partial charge on any atom is -0.481 e. The number of nitrogens with two attached hydrogens (primary N) is 1. The van der Waals surface area contributed by atoms with Crippen molar-refractivity contribution < 1.29 is 24.1 Å². The SMILES string of the molecule is COc1ccc(-c2ccc(C[C@H](N)[C@@H](O)C[C@]3(C(=O)N[C@H]4c5ccsc5CC[C@H]4O)C[C@H]3c3ccccc3F)cc2)cn1. The molecule has 2 aromatic carbocycles. The smallest absolute Gasteiger partial charge is 0.227 e. The number of hydrogen-bond donors (Lipinski definition) is 4. The van der Waals surface area contributed by atoms with E-state index >= 15 is 0 Å². The second kappa shape index (κ2) is 12.2. The molecule has 2 heterocycles. The average Bonchev–Trinajstić information content (AvgIpc) is 3.53. The number of aliphatic hydroxyl groups excluding tert-OH is 2. The van der Waals surface area contributed by atoms with Gasteiger partial charge in [0.2, 0.25) is 11.8 Å². The molecule has 9 heteroatoms. The number of ether oxygens (including phenoxy) is 1. The molecule has 0 unspecified atom stereocenters. The lowest BCUT2D eigenvalue weighted by Gasteiger charge is -2.32. The summed E-state index contributed by atoms with van der Waals surface area (Å²) in [5, 5.41) is 27.2. The van der Waals surface area contributed by atoms with Crippen molar-refractivity contribution in [1.29, 1.82) is 0 Å². The van der Waals surface area contributed by atoms with Crippen molar-refractivity contribution in [2.24, 2.45) is 11.1 Å². The molecule has 0 aliphatic heterocycles. The average molecular weight is 602 g/mol. The zero-order valence-corrected chi connectivity index (χ0v) is 24.8. The Labute approximate surface area is 254 Å². The zero-order chi connectivity index (χ0) is 30.1. The van der Waals surface area contributed by atoms with Gasteiger partial charge in [0.15, 0.2) is 0 Å². The van der Waals surface area contributed by atoms with E-state index in [0.29, 0.717) is 30.7 Å². The van der Waals surface area contributed by atoms with Crippen molar-refractivity contribution in [1.82, 2.24) is 10.3 Å². The molecular formula is C34H36FN3O4S. The largest absolute Gasteiger partial charge is 0.481 e. The summed E-state index contributed by atoms with van der Waals surface area (Å²) in [6.45, 7) is 0. The van der Waals surface area contributed by atoms with Gasteiger partial charge in [-0.1, -0.05) is 42.5 Å². The van der Waals surface area contributed by atoms with Gasteiger partial charge in [0.25, 0.3) is 0 Å². The Kier molecular flexibility index (Phi) is 8.33. The lowest BCUT2D eigenvalue weighted by atomic mass is 9.86. The number of nitrogens with zero attached hydrogens (tertiary/aromatic N) is 1. The predicted octanol–water partition coefficient (Wildman–Crippen LogP) is 4.92. The van der Waals surface area contributed by atoms with Crippen molar-refractivity contribution in [2.45, 2.75) is 62.3 Å². The Morgan fingerprint density at radius 1 is 1.14 bits per heavy atom. The van der Waals surface area contributed by atoms with E-state index in [1.54, 1.807) is 42.8 Å². The van der Waals surface area contributed by atoms with Crippen LogP contribution in [0.15, 0.2) is 78.3 Å². The van der Waals surface area contributed by atoms with Gasteiger partial charge >= 0.3 is 0 Å². The molecule has 4 aromatic rings. The number of pyridine rings is 1. The van der Waals surface area contributed by atoms with Crippen LogP contribution >= 0.6 is 11.3 Å². The highest BCUT2D eigenvalue weighted by Gasteiger charge is 2.62. The molecule has 0 radical (unpaired) electrons. The normalized spacial score (nSPS) is 24.1. The lowest BCUT2D eigenvalue weighted by Crippen LogP contribution is -2.45. The van der Waals surface area contributed by atoms with Gasteiger partial charge in [-0.3, -0.25) is 4.79 Å². The lowest BCUT2D eigenvalue weighted by molar-refractivity contribution is -0.129. The number of nitrogens with one attached hydrogen (secondary N) is 1. The highest BCUT2D eigenvalue weighted by Crippen LogP contribution is 2.63. The Hall–Kier alpha value is -3.63. The summed E-state index contributed by atoms with van der Waals surface area (Å²) >= 11 is 1.62.